The average Bonchev–Trinajstić information content (AvgIpc) is 3.32. The standard InChI is InChI=1S/C19H23FN2O4/c20-14-5-1-2-6-15(14)22-12-13(11-17(22)23)18(24)21-8-4-3-7-16(21)19-25-9-10-26-19/h1-2,5-6,13,16,19H,3-4,7-12H2/t13-,16-/m1/s1. The summed E-state index contributed by atoms with van der Waals surface area (Å²) in [4.78, 5) is 28.7. The number of anilines is 1. The van der Waals surface area contributed by atoms with Crippen LogP contribution in [0.3, 0.4) is 0 Å². The highest BCUT2D eigenvalue weighted by molar-refractivity contribution is 6.00. The Labute approximate surface area is 151 Å². The first kappa shape index (κ1) is 17.4. The fraction of sp³-hybridized carbons (Fsp3) is 0.579. The van der Waals surface area contributed by atoms with Crippen LogP contribution in [0, 0.1) is 11.7 Å². The van der Waals surface area contributed by atoms with Crippen LogP contribution in [0.2, 0.25) is 0 Å². The molecule has 0 unspecified atom stereocenters. The maximum absolute atomic E-state index is 14.0. The summed E-state index contributed by atoms with van der Waals surface area (Å²) in [6.07, 6.45) is 2.55. The van der Waals surface area contributed by atoms with E-state index in [1.165, 1.54) is 11.0 Å². The number of likely N-dealkylation sites (tertiary alicyclic amines) is 1. The molecule has 0 radical (unpaired) electrons. The van der Waals surface area contributed by atoms with Crippen LogP contribution in [0.1, 0.15) is 25.7 Å². The topological polar surface area (TPSA) is 59.1 Å². The van der Waals surface area contributed by atoms with E-state index < -0.39 is 11.7 Å². The zero-order valence-electron chi connectivity index (χ0n) is 14.6. The second-order valence-corrected chi connectivity index (χ2v) is 7.06. The van der Waals surface area contributed by atoms with Crippen LogP contribution in [-0.2, 0) is 19.1 Å². The van der Waals surface area contributed by atoms with Gasteiger partial charge < -0.3 is 19.3 Å². The van der Waals surface area contributed by atoms with Crippen molar-refractivity contribution >= 4 is 17.5 Å². The van der Waals surface area contributed by atoms with E-state index in [-0.39, 0.29) is 42.8 Å². The number of halogens is 1. The Balaban J connectivity index is 1.49. The summed E-state index contributed by atoms with van der Waals surface area (Å²) < 4.78 is 25.3. The normalized spacial score (nSPS) is 27.3. The Hall–Kier alpha value is -1.99. The molecule has 2 atom stereocenters. The molecule has 140 valence electrons. The summed E-state index contributed by atoms with van der Waals surface area (Å²) in [7, 11) is 0. The van der Waals surface area contributed by atoms with Gasteiger partial charge in [0.25, 0.3) is 0 Å². The average molecular weight is 362 g/mol. The van der Waals surface area contributed by atoms with Crippen molar-refractivity contribution in [3.05, 3.63) is 30.1 Å². The van der Waals surface area contributed by atoms with E-state index in [0.717, 1.165) is 19.3 Å². The molecule has 3 heterocycles. The number of hydrogen-bond donors (Lipinski definition) is 0. The molecule has 1 aromatic rings. The molecule has 1 aromatic carbocycles. The molecule has 7 heteroatoms. The van der Waals surface area contributed by atoms with E-state index in [9.17, 15) is 14.0 Å². The Morgan fingerprint density at radius 1 is 1.15 bits per heavy atom. The molecular formula is C19H23FN2O4. The van der Waals surface area contributed by atoms with Crippen molar-refractivity contribution in [1.82, 2.24) is 4.90 Å². The van der Waals surface area contributed by atoms with Crippen LogP contribution in [0.25, 0.3) is 0 Å². The number of benzene rings is 1. The summed E-state index contributed by atoms with van der Waals surface area (Å²) in [5, 5.41) is 0. The van der Waals surface area contributed by atoms with Crippen LogP contribution >= 0.6 is 0 Å². The first-order valence-electron chi connectivity index (χ1n) is 9.24. The lowest BCUT2D eigenvalue weighted by Crippen LogP contribution is -2.52. The highest BCUT2D eigenvalue weighted by Crippen LogP contribution is 2.31. The van der Waals surface area contributed by atoms with Gasteiger partial charge in [0.1, 0.15) is 5.82 Å². The van der Waals surface area contributed by atoms with Gasteiger partial charge in [0.15, 0.2) is 6.29 Å². The number of piperidine rings is 1. The number of amides is 2. The van der Waals surface area contributed by atoms with E-state index in [0.29, 0.717) is 19.8 Å². The van der Waals surface area contributed by atoms with E-state index in [1.807, 2.05) is 4.90 Å². The van der Waals surface area contributed by atoms with Crippen LogP contribution in [-0.4, -0.2) is 55.3 Å². The van der Waals surface area contributed by atoms with Crippen LogP contribution < -0.4 is 4.90 Å². The first-order chi connectivity index (χ1) is 12.6. The van der Waals surface area contributed by atoms with Gasteiger partial charge in [-0.2, -0.15) is 0 Å². The molecule has 3 fully saturated rings. The summed E-state index contributed by atoms with van der Waals surface area (Å²) in [6.45, 7) is 1.96. The molecule has 2 amide bonds. The largest absolute Gasteiger partial charge is 0.348 e. The third-order valence-electron chi connectivity index (χ3n) is 5.41. The second-order valence-electron chi connectivity index (χ2n) is 7.06. The molecule has 0 aromatic heterocycles. The van der Waals surface area contributed by atoms with Crippen LogP contribution in [0.15, 0.2) is 24.3 Å². The van der Waals surface area contributed by atoms with Crippen molar-refractivity contribution in [2.45, 2.75) is 38.0 Å². The molecule has 3 aliphatic heterocycles. The monoisotopic (exact) mass is 362 g/mol. The summed E-state index contributed by atoms with van der Waals surface area (Å²) in [6, 6.07) is 6.08. The molecule has 3 saturated heterocycles. The predicted molar refractivity (Wildman–Crippen MR) is 91.9 cm³/mol. The summed E-state index contributed by atoms with van der Waals surface area (Å²) in [5.74, 6) is -1.17. The molecule has 6 nitrogen and oxygen atoms in total. The molecule has 0 saturated carbocycles. The fourth-order valence-electron chi connectivity index (χ4n) is 4.12. The predicted octanol–water partition coefficient (Wildman–Crippen LogP) is 1.93. The Morgan fingerprint density at radius 3 is 2.69 bits per heavy atom. The van der Waals surface area contributed by atoms with Crippen molar-refractivity contribution in [1.29, 1.82) is 0 Å². The molecular weight excluding hydrogens is 339 g/mol. The number of rotatable bonds is 3. The van der Waals surface area contributed by atoms with Gasteiger partial charge in [-0.3, -0.25) is 9.59 Å². The molecule has 3 aliphatic rings. The van der Waals surface area contributed by atoms with E-state index >= 15 is 0 Å². The van der Waals surface area contributed by atoms with Gasteiger partial charge in [-0.05, 0) is 31.4 Å². The quantitative estimate of drug-likeness (QED) is 0.825. The van der Waals surface area contributed by atoms with E-state index in [4.69, 9.17) is 9.47 Å². The minimum absolute atomic E-state index is 0.0546. The van der Waals surface area contributed by atoms with Gasteiger partial charge in [-0.25, -0.2) is 4.39 Å². The van der Waals surface area contributed by atoms with Gasteiger partial charge in [-0.15, -0.1) is 0 Å². The molecule has 0 bridgehead atoms. The van der Waals surface area contributed by atoms with E-state index in [2.05, 4.69) is 0 Å². The molecule has 4 rings (SSSR count). The Bertz CT molecular complexity index is 692. The third kappa shape index (κ3) is 3.21. The molecule has 0 spiro atoms. The smallest absolute Gasteiger partial charge is 0.228 e. The zero-order chi connectivity index (χ0) is 18.1. The maximum Gasteiger partial charge on any atom is 0.228 e. The number of para-hydroxylation sites is 1. The maximum atomic E-state index is 14.0. The number of hydrogen-bond acceptors (Lipinski definition) is 4. The molecule has 26 heavy (non-hydrogen) atoms. The van der Waals surface area contributed by atoms with Crippen molar-refractivity contribution in [2.24, 2.45) is 5.92 Å². The summed E-state index contributed by atoms with van der Waals surface area (Å²) >= 11 is 0. The summed E-state index contributed by atoms with van der Waals surface area (Å²) in [5.41, 5.74) is 0.241. The minimum Gasteiger partial charge on any atom is -0.348 e. The molecule has 0 N–H and O–H groups in total. The number of ether oxygens (including phenoxy) is 2. The lowest BCUT2D eigenvalue weighted by Gasteiger charge is -2.39. The number of carbonyl (C=O) groups excluding carboxylic acids is 2. The Kier molecular flexibility index (Phi) is 4.91. The minimum atomic E-state index is -0.455. The van der Waals surface area contributed by atoms with Crippen LogP contribution in [0.4, 0.5) is 10.1 Å². The second kappa shape index (κ2) is 7.32. The third-order valence-corrected chi connectivity index (χ3v) is 5.41. The number of nitrogens with zero attached hydrogens (tertiary/aromatic N) is 2. The van der Waals surface area contributed by atoms with Gasteiger partial charge in [0, 0.05) is 19.5 Å². The van der Waals surface area contributed by atoms with Crippen molar-refractivity contribution in [3.63, 3.8) is 0 Å². The van der Waals surface area contributed by atoms with Gasteiger partial charge in [0.05, 0.1) is 30.9 Å². The first-order valence-corrected chi connectivity index (χ1v) is 9.24. The lowest BCUT2D eigenvalue weighted by atomic mass is 9.98. The van der Waals surface area contributed by atoms with Crippen molar-refractivity contribution in [3.8, 4) is 0 Å². The van der Waals surface area contributed by atoms with Gasteiger partial charge >= 0.3 is 0 Å². The lowest BCUT2D eigenvalue weighted by molar-refractivity contribution is -0.154. The highest BCUT2D eigenvalue weighted by Gasteiger charge is 2.42. The SMILES string of the molecule is O=C1C[C@@H](C(=O)N2CCCC[C@@H]2C2OCCO2)CN1c1ccccc1F. The Morgan fingerprint density at radius 2 is 1.92 bits per heavy atom. The zero-order valence-corrected chi connectivity index (χ0v) is 14.6. The van der Waals surface area contributed by atoms with Crippen molar-refractivity contribution in [2.75, 3.05) is 31.2 Å². The fourth-order valence-corrected chi connectivity index (χ4v) is 4.12. The van der Waals surface area contributed by atoms with Crippen LogP contribution in [0.5, 0.6) is 0 Å². The van der Waals surface area contributed by atoms with Gasteiger partial charge in [-0.1, -0.05) is 12.1 Å². The van der Waals surface area contributed by atoms with E-state index in [1.54, 1.807) is 18.2 Å². The van der Waals surface area contributed by atoms with Gasteiger partial charge in [0.2, 0.25) is 11.8 Å². The highest BCUT2D eigenvalue weighted by atomic mass is 19.1. The molecule has 0 aliphatic carbocycles. The van der Waals surface area contributed by atoms with Crippen molar-refractivity contribution < 1.29 is 23.5 Å². The number of carbonyl (C=O) groups is 2.